The third kappa shape index (κ3) is 6.72. The first-order chi connectivity index (χ1) is 9.61. The summed E-state index contributed by atoms with van der Waals surface area (Å²) in [5, 5.41) is 5.27. The van der Waals surface area contributed by atoms with Gasteiger partial charge < -0.3 is 15.4 Å². The molecule has 0 saturated heterocycles. The molecule has 0 spiro atoms. The molecule has 1 aromatic carbocycles. The molecule has 0 saturated carbocycles. The van der Waals surface area contributed by atoms with E-state index < -0.39 is 0 Å². The average Bonchev–Trinajstić information content (AvgIpc) is 2.43. The molecule has 1 rings (SSSR count). The fraction of sp³-hybridized carbons (Fsp3) is 0.429. The van der Waals surface area contributed by atoms with Gasteiger partial charge in [0.2, 0.25) is 0 Å². The van der Waals surface area contributed by atoms with Gasteiger partial charge in [-0.15, -0.1) is 0 Å². The Morgan fingerprint density at radius 3 is 2.55 bits per heavy atom. The third-order valence-electron chi connectivity index (χ3n) is 2.51. The van der Waals surface area contributed by atoms with E-state index in [-0.39, 0.29) is 24.2 Å². The van der Waals surface area contributed by atoms with E-state index in [1.807, 2.05) is 0 Å². The van der Waals surface area contributed by atoms with Crippen LogP contribution in [0.4, 0.5) is 9.18 Å². The van der Waals surface area contributed by atoms with Gasteiger partial charge in [-0.2, -0.15) is 0 Å². The van der Waals surface area contributed by atoms with E-state index in [2.05, 4.69) is 10.6 Å². The second-order valence-electron chi connectivity index (χ2n) is 4.14. The molecule has 0 bridgehead atoms. The molecule has 0 aliphatic heterocycles. The molecule has 5 nitrogen and oxygen atoms in total. The highest BCUT2D eigenvalue weighted by molar-refractivity contribution is 5.74. The predicted octanol–water partition coefficient (Wildman–Crippen LogP) is 1.97. The normalized spacial score (nSPS) is 9.90. The minimum atomic E-state index is -0.321. The Hall–Kier alpha value is -2.11. The summed E-state index contributed by atoms with van der Waals surface area (Å²) in [5.74, 6) is -0.571. The van der Waals surface area contributed by atoms with E-state index in [4.69, 9.17) is 4.74 Å². The standard InChI is InChI=1S/C14H19FN2O3/c1-2-20-13(18)4-3-9-16-14(19)17-10-11-5-7-12(15)8-6-11/h5-8H,2-4,9-10H2,1H3,(H2,16,17,19). The highest BCUT2D eigenvalue weighted by atomic mass is 19.1. The van der Waals surface area contributed by atoms with Gasteiger partial charge in [0.25, 0.3) is 0 Å². The van der Waals surface area contributed by atoms with E-state index in [9.17, 15) is 14.0 Å². The maximum absolute atomic E-state index is 12.7. The van der Waals surface area contributed by atoms with Gasteiger partial charge in [0.05, 0.1) is 6.61 Å². The summed E-state index contributed by atoms with van der Waals surface area (Å²) in [7, 11) is 0. The SMILES string of the molecule is CCOC(=O)CCCNC(=O)NCc1ccc(F)cc1. The number of nitrogens with one attached hydrogen (secondary N) is 2. The largest absolute Gasteiger partial charge is 0.466 e. The lowest BCUT2D eigenvalue weighted by Gasteiger charge is -2.07. The number of hydrogen-bond donors (Lipinski definition) is 2. The van der Waals surface area contributed by atoms with Crippen LogP contribution in [-0.4, -0.2) is 25.2 Å². The molecule has 6 heteroatoms. The number of amides is 2. The summed E-state index contributed by atoms with van der Waals surface area (Å²) in [4.78, 5) is 22.5. The Morgan fingerprint density at radius 1 is 1.20 bits per heavy atom. The van der Waals surface area contributed by atoms with Crippen LogP contribution in [0.2, 0.25) is 0 Å². The van der Waals surface area contributed by atoms with Crippen LogP contribution in [0.1, 0.15) is 25.3 Å². The lowest BCUT2D eigenvalue weighted by Crippen LogP contribution is -2.35. The van der Waals surface area contributed by atoms with Crippen molar-refractivity contribution in [2.45, 2.75) is 26.3 Å². The Bertz CT molecular complexity index is 435. The van der Waals surface area contributed by atoms with E-state index in [1.54, 1.807) is 19.1 Å². The Morgan fingerprint density at radius 2 is 1.90 bits per heavy atom. The Balaban J connectivity index is 2.11. The molecule has 0 heterocycles. The van der Waals surface area contributed by atoms with Crippen molar-refractivity contribution in [3.63, 3.8) is 0 Å². The summed E-state index contributed by atoms with van der Waals surface area (Å²) in [5.41, 5.74) is 0.813. The van der Waals surface area contributed by atoms with Gasteiger partial charge in [0.15, 0.2) is 0 Å². The van der Waals surface area contributed by atoms with Crippen molar-refractivity contribution >= 4 is 12.0 Å². The summed E-state index contributed by atoms with van der Waals surface area (Å²) in [6.45, 7) is 2.83. The highest BCUT2D eigenvalue weighted by Crippen LogP contribution is 2.01. The van der Waals surface area contributed by atoms with Crippen molar-refractivity contribution in [1.29, 1.82) is 0 Å². The van der Waals surface area contributed by atoms with Crippen LogP contribution in [0.5, 0.6) is 0 Å². The molecule has 0 radical (unpaired) electrons. The Labute approximate surface area is 117 Å². The molecule has 0 unspecified atom stereocenters. The number of carbonyl (C=O) groups excluding carboxylic acids is 2. The van der Waals surface area contributed by atoms with Gasteiger partial charge >= 0.3 is 12.0 Å². The fourth-order valence-corrected chi connectivity index (χ4v) is 1.51. The minimum Gasteiger partial charge on any atom is -0.466 e. The third-order valence-corrected chi connectivity index (χ3v) is 2.51. The topological polar surface area (TPSA) is 67.4 Å². The van der Waals surface area contributed by atoms with Crippen LogP contribution >= 0.6 is 0 Å². The molecule has 110 valence electrons. The lowest BCUT2D eigenvalue weighted by atomic mass is 10.2. The number of hydrogen-bond acceptors (Lipinski definition) is 3. The minimum absolute atomic E-state index is 0.263. The van der Waals surface area contributed by atoms with Gasteiger partial charge in [0, 0.05) is 19.5 Å². The zero-order chi connectivity index (χ0) is 14.8. The molecule has 20 heavy (non-hydrogen) atoms. The molecule has 0 atom stereocenters. The van der Waals surface area contributed by atoms with E-state index in [1.165, 1.54) is 12.1 Å². The smallest absolute Gasteiger partial charge is 0.315 e. The number of esters is 1. The monoisotopic (exact) mass is 282 g/mol. The predicted molar refractivity (Wildman–Crippen MR) is 72.5 cm³/mol. The summed E-state index contributed by atoms with van der Waals surface area (Å²) in [6.07, 6.45) is 0.814. The maximum atomic E-state index is 12.7. The quantitative estimate of drug-likeness (QED) is 0.593. The first-order valence-electron chi connectivity index (χ1n) is 6.53. The number of carbonyl (C=O) groups is 2. The zero-order valence-electron chi connectivity index (χ0n) is 11.4. The van der Waals surface area contributed by atoms with Gasteiger partial charge in [-0.1, -0.05) is 12.1 Å². The van der Waals surface area contributed by atoms with Crippen LogP contribution in [0.15, 0.2) is 24.3 Å². The van der Waals surface area contributed by atoms with Crippen molar-refractivity contribution < 1.29 is 18.7 Å². The first kappa shape index (κ1) is 15.9. The van der Waals surface area contributed by atoms with Crippen LogP contribution in [0.25, 0.3) is 0 Å². The van der Waals surface area contributed by atoms with Crippen LogP contribution in [0.3, 0.4) is 0 Å². The van der Waals surface area contributed by atoms with E-state index in [0.29, 0.717) is 26.1 Å². The van der Waals surface area contributed by atoms with E-state index in [0.717, 1.165) is 5.56 Å². The summed E-state index contributed by atoms with van der Waals surface area (Å²) in [6, 6.07) is 5.58. The Kier molecular flexibility index (Phi) is 7.10. The van der Waals surface area contributed by atoms with Crippen molar-refractivity contribution in [3.05, 3.63) is 35.6 Å². The number of ether oxygens (including phenoxy) is 1. The number of halogens is 1. The van der Waals surface area contributed by atoms with Gasteiger partial charge in [-0.25, -0.2) is 9.18 Å². The average molecular weight is 282 g/mol. The second kappa shape index (κ2) is 8.90. The number of urea groups is 1. The molecule has 2 amide bonds. The molecule has 0 aliphatic carbocycles. The van der Waals surface area contributed by atoms with Crippen LogP contribution in [-0.2, 0) is 16.1 Å². The van der Waals surface area contributed by atoms with Gasteiger partial charge in [0.1, 0.15) is 5.82 Å². The van der Waals surface area contributed by atoms with E-state index >= 15 is 0 Å². The lowest BCUT2D eigenvalue weighted by molar-refractivity contribution is -0.143. The second-order valence-corrected chi connectivity index (χ2v) is 4.14. The molecule has 0 aliphatic rings. The first-order valence-corrected chi connectivity index (χ1v) is 6.53. The molecule has 2 N–H and O–H groups in total. The molecule has 0 fully saturated rings. The van der Waals surface area contributed by atoms with Crippen LogP contribution < -0.4 is 10.6 Å². The molecule has 0 aromatic heterocycles. The summed E-state index contributed by atoms with van der Waals surface area (Å²) < 4.78 is 17.4. The van der Waals surface area contributed by atoms with Crippen LogP contribution in [0, 0.1) is 5.82 Å². The van der Waals surface area contributed by atoms with Gasteiger partial charge in [-0.05, 0) is 31.0 Å². The van der Waals surface area contributed by atoms with Crippen molar-refractivity contribution in [1.82, 2.24) is 10.6 Å². The number of benzene rings is 1. The van der Waals surface area contributed by atoms with Crippen molar-refractivity contribution in [3.8, 4) is 0 Å². The number of rotatable bonds is 7. The van der Waals surface area contributed by atoms with Crippen molar-refractivity contribution in [2.24, 2.45) is 0 Å². The molecular formula is C14H19FN2O3. The van der Waals surface area contributed by atoms with Gasteiger partial charge in [-0.3, -0.25) is 4.79 Å². The highest BCUT2D eigenvalue weighted by Gasteiger charge is 2.03. The molecule has 1 aromatic rings. The molecular weight excluding hydrogens is 263 g/mol. The maximum Gasteiger partial charge on any atom is 0.315 e. The van der Waals surface area contributed by atoms with Crippen molar-refractivity contribution in [2.75, 3.05) is 13.2 Å². The summed E-state index contributed by atoms with van der Waals surface area (Å²) >= 11 is 0. The zero-order valence-corrected chi connectivity index (χ0v) is 11.4. The fourth-order valence-electron chi connectivity index (χ4n) is 1.51.